The average molecular weight is 351 g/mol. The molecular formula is C16H14FNO5S. The predicted octanol–water partition coefficient (Wildman–Crippen LogP) is 3.83. The fourth-order valence-corrected chi connectivity index (χ4v) is 2.66. The number of ether oxygens (including phenoxy) is 2. The van der Waals surface area contributed by atoms with E-state index in [1.54, 1.807) is 38.3 Å². The first-order valence-corrected chi connectivity index (χ1v) is 7.75. The summed E-state index contributed by atoms with van der Waals surface area (Å²) in [6, 6.07) is 9.76. The van der Waals surface area contributed by atoms with Crippen LogP contribution < -0.4 is 9.47 Å². The number of benzene rings is 2. The van der Waals surface area contributed by atoms with Crippen molar-refractivity contribution in [2.24, 2.45) is 0 Å². The number of nitro groups is 1. The van der Waals surface area contributed by atoms with Crippen molar-refractivity contribution in [2.75, 3.05) is 7.11 Å². The van der Waals surface area contributed by atoms with Crippen LogP contribution in [-0.2, 0) is 4.79 Å². The quantitative estimate of drug-likeness (QED) is 0.259. The summed E-state index contributed by atoms with van der Waals surface area (Å²) in [7, 11) is 1.55. The molecule has 126 valence electrons. The Morgan fingerprint density at radius 2 is 1.92 bits per heavy atom. The first-order chi connectivity index (χ1) is 11.4. The van der Waals surface area contributed by atoms with Gasteiger partial charge in [0, 0.05) is 17.0 Å². The van der Waals surface area contributed by atoms with Gasteiger partial charge in [-0.15, -0.1) is 11.8 Å². The number of nitrogens with zero attached hydrogens (tertiary/aromatic N) is 1. The highest BCUT2D eigenvalue weighted by Gasteiger charge is 2.23. The highest BCUT2D eigenvalue weighted by molar-refractivity contribution is 8.00. The van der Waals surface area contributed by atoms with Crippen LogP contribution in [-0.4, -0.2) is 23.3 Å². The number of hydrogen-bond donors (Lipinski definition) is 0. The van der Waals surface area contributed by atoms with E-state index in [4.69, 9.17) is 9.47 Å². The first kappa shape index (κ1) is 17.7. The third-order valence-corrected chi connectivity index (χ3v) is 4.12. The van der Waals surface area contributed by atoms with Gasteiger partial charge in [0.15, 0.2) is 0 Å². The van der Waals surface area contributed by atoms with Crippen molar-refractivity contribution in [1.29, 1.82) is 0 Å². The van der Waals surface area contributed by atoms with E-state index in [0.29, 0.717) is 5.75 Å². The molecule has 0 fully saturated rings. The van der Waals surface area contributed by atoms with Crippen molar-refractivity contribution >= 4 is 23.4 Å². The van der Waals surface area contributed by atoms with E-state index in [1.807, 2.05) is 0 Å². The van der Waals surface area contributed by atoms with E-state index < -0.39 is 33.4 Å². The van der Waals surface area contributed by atoms with Crippen LogP contribution >= 0.6 is 11.8 Å². The molecule has 0 spiro atoms. The molecule has 24 heavy (non-hydrogen) atoms. The number of nitro benzene ring substituents is 1. The van der Waals surface area contributed by atoms with Crippen molar-refractivity contribution < 1.29 is 23.6 Å². The molecule has 1 unspecified atom stereocenters. The van der Waals surface area contributed by atoms with Crippen LogP contribution in [0.2, 0.25) is 0 Å². The van der Waals surface area contributed by atoms with Crippen molar-refractivity contribution in [3.8, 4) is 11.5 Å². The van der Waals surface area contributed by atoms with Crippen molar-refractivity contribution in [3.63, 3.8) is 0 Å². The van der Waals surface area contributed by atoms with E-state index in [0.717, 1.165) is 23.1 Å². The largest absolute Gasteiger partial charge is 0.497 e. The topological polar surface area (TPSA) is 78.7 Å². The molecule has 0 N–H and O–H groups in total. The van der Waals surface area contributed by atoms with Crippen molar-refractivity contribution in [3.05, 3.63) is 58.4 Å². The first-order valence-electron chi connectivity index (χ1n) is 6.87. The number of methoxy groups -OCH3 is 1. The molecule has 8 heteroatoms. The molecule has 2 rings (SSSR count). The number of thioether (sulfide) groups is 1. The fraction of sp³-hybridized carbons (Fsp3) is 0.188. The van der Waals surface area contributed by atoms with Crippen LogP contribution in [0.3, 0.4) is 0 Å². The van der Waals surface area contributed by atoms with Crippen molar-refractivity contribution in [1.82, 2.24) is 0 Å². The van der Waals surface area contributed by atoms with Crippen LogP contribution in [0.15, 0.2) is 47.4 Å². The summed E-state index contributed by atoms with van der Waals surface area (Å²) in [6.07, 6.45) is 0. The molecule has 6 nitrogen and oxygen atoms in total. The number of hydrogen-bond acceptors (Lipinski definition) is 6. The second-order valence-electron chi connectivity index (χ2n) is 4.73. The molecule has 0 radical (unpaired) electrons. The maximum Gasteiger partial charge on any atom is 0.324 e. The van der Waals surface area contributed by atoms with E-state index in [2.05, 4.69) is 0 Å². The number of halogens is 1. The highest BCUT2D eigenvalue weighted by atomic mass is 32.2. The Hall–Kier alpha value is -2.61. The number of carbonyl (C=O) groups is 1. The van der Waals surface area contributed by atoms with Crippen LogP contribution in [0.1, 0.15) is 6.92 Å². The summed E-state index contributed by atoms with van der Waals surface area (Å²) in [6.45, 7) is 1.60. The lowest BCUT2D eigenvalue weighted by atomic mass is 10.3. The molecule has 0 saturated heterocycles. The fourth-order valence-electron chi connectivity index (χ4n) is 1.82. The van der Waals surface area contributed by atoms with Gasteiger partial charge < -0.3 is 9.47 Å². The lowest BCUT2D eigenvalue weighted by Crippen LogP contribution is -2.20. The van der Waals surface area contributed by atoms with Crippen LogP contribution in [0.5, 0.6) is 11.5 Å². The average Bonchev–Trinajstić information content (AvgIpc) is 2.55. The monoisotopic (exact) mass is 351 g/mol. The Morgan fingerprint density at radius 1 is 1.25 bits per heavy atom. The Balaban J connectivity index is 2.08. The lowest BCUT2D eigenvalue weighted by molar-refractivity contribution is -0.385. The minimum absolute atomic E-state index is 0.410. The van der Waals surface area contributed by atoms with E-state index >= 15 is 0 Å². The molecule has 0 saturated carbocycles. The zero-order valence-corrected chi connectivity index (χ0v) is 13.7. The number of carbonyl (C=O) groups excluding carboxylic acids is 1. The Labute approximate surface area is 141 Å². The molecule has 0 heterocycles. The molecule has 0 aromatic heterocycles. The summed E-state index contributed by atoms with van der Waals surface area (Å²) in [5.41, 5.74) is -0.466. The second-order valence-corrected chi connectivity index (χ2v) is 6.14. The number of esters is 1. The lowest BCUT2D eigenvalue weighted by Gasteiger charge is -2.11. The molecule has 0 aliphatic heterocycles. The number of rotatable bonds is 6. The molecule has 1 atom stereocenters. The van der Waals surface area contributed by atoms with Gasteiger partial charge in [-0.05, 0) is 37.3 Å². The van der Waals surface area contributed by atoms with E-state index in [9.17, 15) is 19.3 Å². The second kappa shape index (κ2) is 7.78. The Bertz CT molecular complexity index is 751. The molecule has 2 aromatic rings. The molecule has 0 bridgehead atoms. The van der Waals surface area contributed by atoms with Gasteiger partial charge in [0.05, 0.1) is 12.0 Å². The minimum atomic E-state index is -0.733. The van der Waals surface area contributed by atoms with Crippen molar-refractivity contribution in [2.45, 2.75) is 17.1 Å². The van der Waals surface area contributed by atoms with Crippen LogP contribution in [0, 0.1) is 15.9 Å². The third kappa shape index (κ3) is 4.45. The molecular weight excluding hydrogens is 337 g/mol. The summed E-state index contributed by atoms with van der Waals surface area (Å²) < 4.78 is 23.3. The smallest absolute Gasteiger partial charge is 0.324 e. The van der Waals surface area contributed by atoms with E-state index in [-0.39, 0.29) is 0 Å². The maximum atomic E-state index is 13.2. The Morgan fingerprint density at radius 3 is 2.50 bits per heavy atom. The zero-order valence-electron chi connectivity index (χ0n) is 12.9. The summed E-state index contributed by atoms with van der Waals surface area (Å²) >= 11 is 1.21. The SMILES string of the molecule is COc1ccc(SC(C)C(=O)Oc2cc(F)ccc2[N+](=O)[O-])cc1. The van der Waals surface area contributed by atoms with Gasteiger partial charge in [-0.1, -0.05) is 0 Å². The van der Waals surface area contributed by atoms with Crippen LogP contribution in [0.25, 0.3) is 0 Å². The zero-order chi connectivity index (χ0) is 17.7. The maximum absolute atomic E-state index is 13.2. The summed E-state index contributed by atoms with van der Waals surface area (Å²) in [5.74, 6) is -1.15. The summed E-state index contributed by atoms with van der Waals surface area (Å²) in [4.78, 5) is 23.1. The van der Waals surface area contributed by atoms with Gasteiger partial charge in [-0.25, -0.2) is 4.39 Å². The van der Waals surface area contributed by atoms with Gasteiger partial charge in [0.1, 0.15) is 16.8 Å². The predicted molar refractivity (Wildman–Crippen MR) is 87.0 cm³/mol. The summed E-state index contributed by atoms with van der Waals surface area (Å²) in [5, 5.41) is 10.3. The van der Waals surface area contributed by atoms with Gasteiger partial charge in [0.25, 0.3) is 0 Å². The molecule has 0 aliphatic carbocycles. The normalized spacial score (nSPS) is 11.6. The highest BCUT2D eigenvalue weighted by Crippen LogP contribution is 2.30. The third-order valence-electron chi connectivity index (χ3n) is 3.03. The van der Waals surface area contributed by atoms with Gasteiger partial charge >= 0.3 is 11.7 Å². The van der Waals surface area contributed by atoms with Crippen LogP contribution in [0.4, 0.5) is 10.1 Å². The standard InChI is InChI=1S/C16H14FNO5S/c1-10(24-13-6-4-12(22-2)5-7-13)16(19)23-15-9-11(17)3-8-14(15)18(20)21/h3-10H,1-2H3. The Kier molecular flexibility index (Phi) is 5.75. The molecule has 0 amide bonds. The molecule has 2 aromatic carbocycles. The van der Waals surface area contributed by atoms with Gasteiger partial charge in [-0.2, -0.15) is 0 Å². The van der Waals surface area contributed by atoms with Gasteiger partial charge in [-0.3, -0.25) is 14.9 Å². The molecule has 0 aliphatic rings. The minimum Gasteiger partial charge on any atom is -0.497 e. The van der Waals surface area contributed by atoms with Gasteiger partial charge in [0.2, 0.25) is 5.75 Å². The van der Waals surface area contributed by atoms with E-state index in [1.165, 1.54) is 11.8 Å².